The maximum Gasteiger partial charge on any atom is 0.259 e. The van der Waals surface area contributed by atoms with Gasteiger partial charge < -0.3 is 13.8 Å². The molecule has 7 heteroatoms. The summed E-state index contributed by atoms with van der Waals surface area (Å²) in [5, 5.41) is 9.32. The van der Waals surface area contributed by atoms with Crippen LogP contribution in [-0.2, 0) is 4.74 Å². The summed E-state index contributed by atoms with van der Waals surface area (Å²) in [6.45, 7) is 5.58. The highest BCUT2D eigenvalue weighted by Crippen LogP contribution is 2.43. The van der Waals surface area contributed by atoms with Gasteiger partial charge in [0, 0.05) is 24.1 Å². The highest BCUT2D eigenvalue weighted by Gasteiger charge is 2.30. The molecule has 0 aromatic carbocycles. The minimum Gasteiger partial charge on any atom is -0.381 e. The molecule has 1 aliphatic heterocycles. The number of hydrogen-bond acceptors (Lipinski definition) is 7. The Morgan fingerprint density at radius 1 is 1.04 bits per heavy atom. The van der Waals surface area contributed by atoms with E-state index >= 15 is 0 Å². The second kappa shape index (κ2) is 5.62. The summed E-state index contributed by atoms with van der Waals surface area (Å²) in [5.41, 5.74) is 3.35. The first-order chi connectivity index (χ1) is 12.2. The van der Waals surface area contributed by atoms with Gasteiger partial charge in [0.15, 0.2) is 5.82 Å². The van der Waals surface area contributed by atoms with Crippen molar-refractivity contribution in [3.05, 3.63) is 23.3 Å². The van der Waals surface area contributed by atoms with Crippen molar-refractivity contribution in [3.8, 4) is 11.5 Å². The number of fused-ring (bicyclic) bond motifs is 1. The van der Waals surface area contributed by atoms with Crippen LogP contribution in [0.4, 0.5) is 0 Å². The van der Waals surface area contributed by atoms with Gasteiger partial charge in [-0.1, -0.05) is 24.2 Å². The molecule has 7 nitrogen and oxygen atoms in total. The number of ether oxygens (including phenoxy) is 1. The maximum absolute atomic E-state index is 5.62. The third kappa shape index (κ3) is 2.54. The molecule has 4 heterocycles. The van der Waals surface area contributed by atoms with E-state index in [0.717, 1.165) is 48.2 Å². The molecule has 0 bridgehead atoms. The molecule has 0 unspecified atom stereocenters. The van der Waals surface area contributed by atoms with Crippen LogP contribution >= 0.6 is 0 Å². The predicted octanol–water partition coefficient (Wildman–Crippen LogP) is 3.78. The number of hydrogen-bond donors (Lipinski definition) is 0. The van der Waals surface area contributed by atoms with Crippen LogP contribution in [0.2, 0.25) is 0 Å². The Hall–Kier alpha value is -2.28. The van der Waals surface area contributed by atoms with Crippen molar-refractivity contribution in [2.45, 2.75) is 50.9 Å². The van der Waals surface area contributed by atoms with Crippen molar-refractivity contribution in [1.82, 2.24) is 20.3 Å². The van der Waals surface area contributed by atoms with Crippen molar-refractivity contribution in [3.63, 3.8) is 0 Å². The van der Waals surface area contributed by atoms with Crippen molar-refractivity contribution in [1.29, 1.82) is 0 Å². The lowest BCUT2D eigenvalue weighted by Crippen LogP contribution is -2.00. The molecular formula is C18H20N4O3. The Morgan fingerprint density at radius 2 is 1.92 bits per heavy atom. The van der Waals surface area contributed by atoms with E-state index in [0.29, 0.717) is 30.0 Å². The van der Waals surface area contributed by atoms with Gasteiger partial charge in [-0.25, -0.2) is 4.98 Å². The van der Waals surface area contributed by atoms with E-state index in [-0.39, 0.29) is 11.8 Å². The lowest BCUT2D eigenvalue weighted by Gasteiger charge is -2.04. The van der Waals surface area contributed by atoms with Gasteiger partial charge in [-0.3, -0.25) is 0 Å². The molecule has 130 valence electrons. The first kappa shape index (κ1) is 15.0. The van der Waals surface area contributed by atoms with Crippen molar-refractivity contribution in [2.75, 3.05) is 13.2 Å². The Morgan fingerprint density at radius 3 is 2.64 bits per heavy atom. The third-order valence-corrected chi connectivity index (χ3v) is 5.00. The highest BCUT2D eigenvalue weighted by molar-refractivity contribution is 5.92. The molecule has 0 N–H and O–H groups in total. The van der Waals surface area contributed by atoms with Crippen LogP contribution in [0.15, 0.2) is 15.1 Å². The van der Waals surface area contributed by atoms with Crippen LogP contribution in [0.3, 0.4) is 0 Å². The predicted molar refractivity (Wildman–Crippen MR) is 89.3 cm³/mol. The smallest absolute Gasteiger partial charge is 0.259 e. The Kier molecular flexibility index (Phi) is 3.38. The zero-order valence-electron chi connectivity index (χ0n) is 14.4. The number of pyridine rings is 1. The topological polar surface area (TPSA) is 87.1 Å². The molecule has 2 aliphatic rings. The molecule has 0 radical (unpaired) electrons. The standard InChI is InChI=1S/C18H20N4O3/c1-9(2)15-14-12(7-13(10-3-4-10)19-18(14)25-21-15)17-20-16(22-24-17)11-5-6-23-8-11/h7,9-11H,3-6,8H2,1-2H3/t11-/m1/s1. The van der Waals surface area contributed by atoms with E-state index in [4.69, 9.17) is 13.8 Å². The molecule has 3 aromatic heterocycles. The minimum absolute atomic E-state index is 0.213. The van der Waals surface area contributed by atoms with Gasteiger partial charge >= 0.3 is 0 Å². The molecule has 1 atom stereocenters. The van der Waals surface area contributed by atoms with Gasteiger partial charge in [0.25, 0.3) is 11.6 Å². The molecule has 5 rings (SSSR count). The third-order valence-electron chi connectivity index (χ3n) is 5.00. The quantitative estimate of drug-likeness (QED) is 0.714. The molecule has 0 amide bonds. The van der Waals surface area contributed by atoms with Gasteiger partial charge in [-0.2, -0.15) is 4.98 Å². The molecule has 1 saturated heterocycles. The maximum atomic E-state index is 5.62. The van der Waals surface area contributed by atoms with Crippen LogP contribution in [0.5, 0.6) is 0 Å². The summed E-state index contributed by atoms with van der Waals surface area (Å²) in [4.78, 5) is 9.33. The molecule has 2 fully saturated rings. The second-order valence-electron chi connectivity index (χ2n) is 7.29. The monoisotopic (exact) mass is 340 g/mol. The SMILES string of the molecule is CC(C)c1noc2nc(C3CC3)cc(-c3nc([C@@H]4CCOC4)no3)c12. The van der Waals surface area contributed by atoms with Crippen LogP contribution < -0.4 is 0 Å². The molecule has 1 saturated carbocycles. The van der Waals surface area contributed by atoms with Crippen molar-refractivity contribution < 1.29 is 13.8 Å². The fourth-order valence-electron chi connectivity index (χ4n) is 3.39. The molecule has 0 spiro atoms. The Balaban J connectivity index is 1.66. The molecular weight excluding hydrogens is 320 g/mol. The summed E-state index contributed by atoms with van der Waals surface area (Å²) in [6.07, 6.45) is 3.26. The number of nitrogens with zero attached hydrogens (tertiary/aromatic N) is 4. The summed E-state index contributed by atoms with van der Waals surface area (Å²) in [6, 6.07) is 2.07. The fourth-order valence-corrected chi connectivity index (χ4v) is 3.39. The normalized spacial score (nSPS) is 20.8. The zero-order chi connectivity index (χ0) is 17.0. The number of aromatic nitrogens is 4. The second-order valence-corrected chi connectivity index (χ2v) is 7.29. The zero-order valence-corrected chi connectivity index (χ0v) is 14.4. The van der Waals surface area contributed by atoms with E-state index in [1.165, 1.54) is 0 Å². The van der Waals surface area contributed by atoms with E-state index < -0.39 is 0 Å². The average Bonchev–Trinajstić information content (AvgIpc) is 3.05. The van der Waals surface area contributed by atoms with E-state index in [1.54, 1.807) is 0 Å². The van der Waals surface area contributed by atoms with Gasteiger partial charge in [0.05, 0.1) is 23.3 Å². The van der Waals surface area contributed by atoms with Crippen LogP contribution in [0.1, 0.15) is 68.1 Å². The first-order valence-electron chi connectivity index (χ1n) is 8.92. The summed E-state index contributed by atoms with van der Waals surface area (Å²) < 4.78 is 16.6. The summed E-state index contributed by atoms with van der Waals surface area (Å²) >= 11 is 0. The van der Waals surface area contributed by atoms with Crippen molar-refractivity contribution >= 4 is 11.1 Å². The highest BCUT2D eigenvalue weighted by atomic mass is 16.5. The van der Waals surface area contributed by atoms with Crippen LogP contribution in [0, 0.1) is 0 Å². The van der Waals surface area contributed by atoms with E-state index in [1.807, 2.05) is 0 Å². The lowest BCUT2D eigenvalue weighted by molar-refractivity contribution is 0.192. The van der Waals surface area contributed by atoms with Gasteiger partial charge in [0.1, 0.15) is 0 Å². The molecule has 1 aliphatic carbocycles. The van der Waals surface area contributed by atoms with Crippen molar-refractivity contribution in [2.24, 2.45) is 0 Å². The van der Waals surface area contributed by atoms with Gasteiger partial charge in [0.2, 0.25) is 0 Å². The molecule has 3 aromatic rings. The number of rotatable bonds is 4. The summed E-state index contributed by atoms with van der Waals surface area (Å²) in [5.74, 6) is 2.17. The largest absolute Gasteiger partial charge is 0.381 e. The average molecular weight is 340 g/mol. The Labute approximate surface area is 144 Å². The lowest BCUT2D eigenvalue weighted by atomic mass is 10.0. The fraction of sp³-hybridized carbons (Fsp3) is 0.556. The van der Waals surface area contributed by atoms with Gasteiger partial charge in [-0.15, -0.1) is 0 Å². The van der Waals surface area contributed by atoms with Crippen LogP contribution in [0.25, 0.3) is 22.6 Å². The van der Waals surface area contributed by atoms with E-state index in [9.17, 15) is 0 Å². The van der Waals surface area contributed by atoms with E-state index in [2.05, 4.69) is 40.2 Å². The van der Waals surface area contributed by atoms with Crippen LogP contribution in [-0.4, -0.2) is 33.5 Å². The first-order valence-corrected chi connectivity index (χ1v) is 8.92. The van der Waals surface area contributed by atoms with Gasteiger partial charge in [-0.05, 0) is 31.2 Å². The minimum atomic E-state index is 0.213. The summed E-state index contributed by atoms with van der Waals surface area (Å²) in [7, 11) is 0. The Bertz CT molecular complexity index is 920. The molecule has 25 heavy (non-hydrogen) atoms.